The van der Waals surface area contributed by atoms with Gasteiger partial charge in [-0.3, -0.25) is 9.59 Å². The summed E-state index contributed by atoms with van der Waals surface area (Å²) in [5, 5.41) is 6.28. The molecular formula is C26H33F2N3O3. The number of carbonyl (C=O) groups excluding carboxylic acids is 2. The van der Waals surface area contributed by atoms with Crippen molar-refractivity contribution in [3.05, 3.63) is 41.6 Å². The van der Waals surface area contributed by atoms with Crippen molar-refractivity contribution in [2.45, 2.75) is 88.4 Å². The maximum Gasteiger partial charge on any atom is 0.255 e. The van der Waals surface area contributed by atoms with Crippen molar-refractivity contribution in [2.24, 2.45) is 5.92 Å². The van der Waals surface area contributed by atoms with Gasteiger partial charge in [0.15, 0.2) is 0 Å². The summed E-state index contributed by atoms with van der Waals surface area (Å²) in [6, 6.07) is 5.19. The van der Waals surface area contributed by atoms with Gasteiger partial charge in [0.05, 0.1) is 0 Å². The molecule has 1 unspecified atom stereocenters. The molecule has 1 saturated heterocycles. The van der Waals surface area contributed by atoms with E-state index in [1.165, 1.54) is 0 Å². The highest BCUT2D eigenvalue weighted by molar-refractivity contribution is 6.01. The monoisotopic (exact) mass is 473 g/mol. The van der Waals surface area contributed by atoms with E-state index in [-0.39, 0.29) is 42.7 Å². The SMILES string of the molecule is C=C1CCC(N2Cc3cc(O[C@@H]4CCCCC[C@H]4NCC4CC(F)(F)C4)ccc3C2=O)C(=O)N1. The Morgan fingerprint density at radius 3 is 2.71 bits per heavy atom. The van der Waals surface area contributed by atoms with E-state index in [9.17, 15) is 18.4 Å². The molecule has 2 aliphatic heterocycles. The number of alkyl halides is 2. The quantitative estimate of drug-likeness (QED) is 0.609. The number of hydrogen-bond donors (Lipinski definition) is 2. The fourth-order valence-corrected chi connectivity index (χ4v) is 5.77. The standard InChI is InChI=1S/C26H33F2N3O3/c1-16-7-10-22(24(32)30-16)31-15-18-11-19(8-9-20(18)25(31)33)34-23-6-4-2-3-5-21(23)29-14-17-12-26(27,28)13-17/h8-9,11,17,21-23,29H,1-7,10,12-15H2,(H,30,32)/t21-,22?,23-/m1/s1. The molecule has 2 N–H and O–H groups in total. The predicted octanol–water partition coefficient (Wildman–Crippen LogP) is 4.15. The number of rotatable bonds is 6. The van der Waals surface area contributed by atoms with Gasteiger partial charge in [0.25, 0.3) is 5.91 Å². The first kappa shape index (κ1) is 23.3. The Balaban J connectivity index is 1.24. The van der Waals surface area contributed by atoms with Crippen LogP contribution in [0.1, 0.15) is 73.7 Å². The van der Waals surface area contributed by atoms with Crippen molar-refractivity contribution < 1.29 is 23.1 Å². The molecule has 2 saturated carbocycles. The minimum atomic E-state index is -2.49. The van der Waals surface area contributed by atoms with Gasteiger partial charge in [0.1, 0.15) is 17.9 Å². The van der Waals surface area contributed by atoms with Gasteiger partial charge in [-0.2, -0.15) is 0 Å². The summed E-state index contributed by atoms with van der Waals surface area (Å²) >= 11 is 0. The van der Waals surface area contributed by atoms with Crippen molar-refractivity contribution in [1.82, 2.24) is 15.5 Å². The first-order valence-corrected chi connectivity index (χ1v) is 12.5. The van der Waals surface area contributed by atoms with Crippen LogP contribution < -0.4 is 15.4 Å². The van der Waals surface area contributed by atoms with Crippen molar-refractivity contribution in [2.75, 3.05) is 6.54 Å². The molecular weight excluding hydrogens is 440 g/mol. The molecule has 3 fully saturated rings. The summed E-state index contributed by atoms with van der Waals surface area (Å²) < 4.78 is 32.8. The van der Waals surface area contributed by atoms with Crippen LogP contribution in [-0.4, -0.2) is 47.4 Å². The number of ether oxygens (including phenoxy) is 1. The molecule has 8 heteroatoms. The van der Waals surface area contributed by atoms with E-state index in [1.807, 2.05) is 12.1 Å². The molecule has 184 valence electrons. The lowest BCUT2D eigenvalue weighted by Crippen LogP contribution is -2.49. The molecule has 1 aromatic rings. The third kappa shape index (κ3) is 4.83. The second-order valence-electron chi connectivity index (χ2n) is 10.3. The number of hydrogen-bond acceptors (Lipinski definition) is 4. The Kier molecular flexibility index (Phi) is 6.35. The molecule has 2 heterocycles. The average molecular weight is 474 g/mol. The Morgan fingerprint density at radius 2 is 1.94 bits per heavy atom. The van der Waals surface area contributed by atoms with Crippen LogP contribution in [-0.2, 0) is 11.3 Å². The van der Waals surface area contributed by atoms with Gasteiger partial charge < -0.3 is 20.3 Å². The molecule has 3 atom stereocenters. The number of halogens is 2. The smallest absolute Gasteiger partial charge is 0.255 e. The first-order valence-electron chi connectivity index (χ1n) is 12.5. The zero-order valence-electron chi connectivity index (χ0n) is 19.5. The summed E-state index contributed by atoms with van der Waals surface area (Å²) in [6.45, 7) is 4.80. The number of allylic oxidation sites excluding steroid dienone is 1. The van der Waals surface area contributed by atoms with Gasteiger partial charge in [-0.15, -0.1) is 0 Å². The van der Waals surface area contributed by atoms with Gasteiger partial charge in [-0.25, -0.2) is 8.78 Å². The number of nitrogens with zero attached hydrogens (tertiary/aromatic N) is 1. The van der Waals surface area contributed by atoms with Crippen LogP contribution in [0.4, 0.5) is 8.78 Å². The fraction of sp³-hybridized carbons (Fsp3) is 0.615. The number of benzene rings is 1. The van der Waals surface area contributed by atoms with Crippen molar-refractivity contribution >= 4 is 11.8 Å². The lowest BCUT2D eigenvalue weighted by Gasteiger charge is -2.37. The van der Waals surface area contributed by atoms with E-state index >= 15 is 0 Å². The molecule has 0 aromatic heterocycles. The lowest BCUT2D eigenvalue weighted by molar-refractivity contribution is -0.126. The number of fused-ring (bicyclic) bond motifs is 1. The van der Waals surface area contributed by atoms with E-state index in [0.29, 0.717) is 42.9 Å². The number of piperidine rings is 1. The largest absolute Gasteiger partial charge is 0.489 e. The molecule has 34 heavy (non-hydrogen) atoms. The topological polar surface area (TPSA) is 70.7 Å². The summed E-state index contributed by atoms with van der Waals surface area (Å²) in [6.07, 6.45) is 6.34. The first-order chi connectivity index (χ1) is 16.3. The van der Waals surface area contributed by atoms with Gasteiger partial charge in [0, 0.05) is 36.7 Å². The van der Waals surface area contributed by atoms with E-state index < -0.39 is 12.0 Å². The molecule has 0 radical (unpaired) electrons. The number of carbonyl (C=O) groups is 2. The maximum absolute atomic E-state index is 13.2. The molecule has 0 spiro atoms. The van der Waals surface area contributed by atoms with E-state index in [2.05, 4.69) is 17.2 Å². The van der Waals surface area contributed by atoms with Crippen LogP contribution >= 0.6 is 0 Å². The molecule has 5 rings (SSSR count). The molecule has 2 amide bonds. The number of amides is 2. The average Bonchev–Trinajstić information content (AvgIpc) is 2.93. The van der Waals surface area contributed by atoms with Crippen LogP contribution in [0.25, 0.3) is 0 Å². The van der Waals surface area contributed by atoms with Gasteiger partial charge in [-0.1, -0.05) is 19.4 Å². The van der Waals surface area contributed by atoms with Gasteiger partial charge in [0.2, 0.25) is 11.8 Å². The third-order valence-electron chi connectivity index (χ3n) is 7.69. The van der Waals surface area contributed by atoms with Crippen molar-refractivity contribution in [3.8, 4) is 5.75 Å². The van der Waals surface area contributed by atoms with Crippen LogP contribution in [0.15, 0.2) is 30.5 Å². The zero-order valence-corrected chi connectivity index (χ0v) is 19.5. The van der Waals surface area contributed by atoms with Crippen LogP contribution in [0, 0.1) is 5.92 Å². The summed E-state index contributed by atoms with van der Waals surface area (Å²) in [5.41, 5.74) is 2.18. The maximum atomic E-state index is 13.2. The van der Waals surface area contributed by atoms with E-state index in [0.717, 1.165) is 37.7 Å². The van der Waals surface area contributed by atoms with Crippen molar-refractivity contribution in [1.29, 1.82) is 0 Å². The van der Waals surface area contributed by atoms with Gasteiger partial charge in [-0.05, 0) is 68.3 Å². The minimum absolute atomic E-state index is 0.0271. The highest BCUT2D eigenvalue weighted by Gasteiger charge is 2.45. The lowest BCUT2D eigenvalue weighted by atomic mass is 9.81. The summed E-state index contributed by atoms with van der Waals surface area (Å²) in [5.74, 6) is -2.05. The van der Waals surface area contributed by atoms with E-state index in [4.69, 9.17) is 4.74 Å². The van der Waals surface area contributed by atoms with Crippen LogP contribution in [0.2, 0.25) is 0 Å². The highest BCUT2D eigenvalue weighted by atomic mass is 19.3. The molecule has 2 aliphatic carbocycles. The molecule has 0 bridgehead atoms. The summed E-state index contributed by atoms with van der Waals surface area (Å²) in [4.78, 5) is 27.0. The van der Waals surface area contributed by atoms with E-state index in [1.54, 1.807) is 11.0 Å². The van der Waals surface area contributed by atoms with Crippen molar-refractivity contribution in [3.63, 3.8) is 0 Å². The predicted molar refractivity (Wildman–Crippen MR) is 124 cm³/mol. The number of nitrogens with one attached hydrogen (secondary N) is 2. The second-order valence-corrected chi connectivity index (χ2v) is 10.3. The second kappa shape index (κ2) is 9.29. The van der Waals surface area contributed by atoms with Gasteiger partial charge >= 0.3 is 0 Å². The normalized spacial score (nSPS) is 29.3. The van der Waals surface area contributed by atoms with Crippen LogP contribution in [0.5, 0.6) is 5.75 Å². The highest BCUT2D eigenvalue weighted by Crippen LogP contribution is 2.42. The summed E-state index contributed by atoms with van der Waals surface area (Å²) in [7, 11) is 0. The minimum Gasteiger partial charge on any atom is -0.489 e. The molecule has 1 aromatic carbocycles. The zero-order chi connectivity index (χ0) is 23.9. The molecule has 4 aliphatic rings. The third-order valence-corrected chi connectivity index (χ3v) is 7.69. The Morgan fingerprint density at radius 1 is 1.15 bits per heavy atom. The fourth-order valence-electron chi connectivity index (χ4n) is 5.77. The Labute approximate surface area is 199 Å². The molecule has 6 nitrogen and oxygen atoms in total. The Bertz CT molecular complexity index is 974. The van der Waals surface area contributed by atoms with Crippen LogP contribution in [0.3, 0.4) is 0 Å². The Hall–Kier alpha value is -2.48.